The van der Waals surface area contributed by atoms with E-state index in [-0.39, 0.29) is 17.0 Å². The summed E-state index contributed by atoms with van der Waals surface area (Å²) < 4.78 is 0. The first kappa shape index (κ1) is 11.6. The van der Waals surface area contributed by atoms with E-state index in [1.54, 1.807) is 12.1 Å². The van der Waals surface area contributed by atoms with Gasteiger partial charge >= 0.3 is 5.97 Å². The molecule has 2 N–H and O–H groups in total. The molecule has 0 aromatic heterocycles. The fraction of sp³-hybridized carbons (Fsp3) is 0.200. The average Bonchev–Trinajstić information content (AvgIpc) is 2.25. The van der Waals surface area contributed by atoms with Crippen LogP contribution in [0.25, 0.3) is 0 Å². The zero-order chi connectivity index (χ0) is 11.3. The van der Waals surface area contributed by atoms with Crippen LogP contribution in [0, 0.1) is 0 Å². The number of hydrogen-bond donors (Lipinski definition) is 2. The van der Waals surface area contributed by atoms with Crippen molar-refractivity contribution >= 4 is 23.6 Å². The summed E-state index contributed by atoms with van der Waals surface area (Å²) in [5, 5.41) is 11.5. The summed E-state index contributed by atoms with van der Waals surface area (Å²) >= 11 is 1.46. The van der Waals surface area contributed by atoms with Crippen LogP contribution in [0.3, 0.4) is 0 Å². The number of benzene rings is 1. The van der Waals surface area contributed by atoms with E-state index in [9.17, 15) is 9.59 Å². The zero-order valence-electron chi connectivity index (χ0n) is 8.19. The van der Waals surface area contributed by atoms with Crippen molar-refractivity contribution in [1.82, 2.24) is 5.32 Å². The summed E-state index contributed by atoms with van der Waals surface area (Å²) in [6.07, 6.45) is 1.85. The molecule has 0 fully saturated rings. The van der Waals surface area contributed by atoms with E-state index >= 15 is 0 Å². The van der Waals surface area contributed by atoms with E-state index < -0.39 is 5.97 Å². The molecule has 5 heteroatoms. The highest BCUT2D eigenvalue weighted by molar-refractivity contribution is 7.98. The molecule has 1 aromatic carbocycles. The van der Waals surface area contributed by atoms with Crippen LogP contribution in [0.2, 0.25) is 0 Å². The number of nitrogens with one attached hydrogen (secondary N) is 1. The fourth-order valence-electron chi connectivity index (χ4n) is 1.10. The number of aromatic carboxylic acids is 1. The number of thioether (sulfide) groups is 1. The lowest BCUT2D eigenvalue weighted by molar-refractivity contribution is 0.0691. The third-order valence-electron chi connectivity index (χ3n) is 1.78. The van der Waals surface area contributed by atoms with Crippen LogP contribution in [0.15, 0.2) is 24.3 Å². The second kappa shape index (κ2) is 5.41. The highest BCUT2D eigenvalue weighted by atomic mass is 32.2. The maximum atomic E-state index is 11.5. The molecule has 0 aliphatic rings. The van der Waals surface area contributed by atoms with Crippen molar-refractivity contribution in [1.29, 1.82) is 0 Å². The highest BCUT2D eigenvalue weighted by Gasteiger charge is 2.14. The van der Waals surface area contributed by atoms with Crippen molar-refractivity contribution in [2.45, 2.75) is 0 Å². The standard InChI is InChI=1S/C10H11NO3S/c1-15-6-11-9(12)7-4-2-3-5-8(7)10(13)14/h2-5H,6H2,1H3,(H,11,12)(H,13,14). The Hall–Kier alpha value is -1.49. The van der Waals surface area contributed by atoms with Crippen LogP contribution < -0.4 is 5.32 Å². The Labute approximate surface area is 91.7 Å². The number of amides is 1. The largest absolute Gasteiger partial charge is 0.478 e. The van der Waals surface area contributed by atoms with Crippen molar-refractivity contribution < 1.29 is 14.7 Å². The van der Waals surface area contributed by atoms with Crippen LogP contribution in [-0.2, 0) is 0 Å². The second-order valence-electron chi connectivity index (χ2n) is 2.79. The molecule has 0 saturated carbocycles. The van der Waals surface area contributed by atoms with Crippen molar-refractivity contribution in [3.8, 4) is 0 Å². The number of carbonyl (C=O) groups is 2. The van der Waals surface area contributed by atoms with Crippen LogP contribution in [0.4, 0.5) is 0 Å². The van der Waals surface area contributed by atoms with Crippen molar-refractivity contribution in [3.05, 3.63) is 35.4 Å². The van der Waals surface area contributed by atoms with Gasteiger partial charge in [0, 0.05) is 0 Å². The number of rotatable bonds is 4. The van der Waals surface area contributed by atoms with E-state index in [0.29, 0.717) is 5.88 Å². The molecular weight excluding hydrogens is 214 g/mol. The van der Waals surface area contributed by atoms with Crippen molar-refractivity contribution in [2.24, 2.45) is 0 Å². The summed E-state index contributed by atoms with van der Waals surface area (Å²) in [6, 6.07) is 6.14. The van der Waals surface area contributed by atoms with Gasteiger partial charge in [-0.1, -0.05) is 12.1 Å². The summed E-state index contributed by atoms with van der Waals surface area (Å²) in [6.45, 7) is 0. The SMILES string of the molecule is CSCNC(=O)c1ccccc1C(=O)O. The smallest absolute Gasteiger partial charge is 0.336 e. The Morgan fingerprint density at radius 3 is 2.47 bits per heavy atom. The van der Waals surface area contributed by atoms with E-state index in [0.717, 1.165) is 0 Å². The number of carbonyl (C=O) groups excluding carboxylic acids is 1. The van der Waals surface area contributed by atoms with E-state index in [1.807, 2.05) is 6.26 Å². The molecule has 15 heavy (non-hydrogen) atoms. The van der Waals surface area contributed by atoms with Crippen LogP contribution in [-0.4, -0.2) is 29.1 Å². The lowest BCUT2D eigenvalue weighted by atomic mass is 10.1. The summed E-state index contributed by atoms with van der Waals surface area (Å²) in [5.41, 5.74) is 0.218. The molecule has 0 unspecified atom stereocenters. The summed E-state index contributed by atoms with van der Waals surface area (Å²) in [4.78, 5) is 22.4. The Morgan fingerprint density at radius 2 is 1.93 bits per heavy atom. The number of carboxylic acids is 1. The second-order valence-corrected chi connectivity index (χ2v) is 3.66. The molecular formula is C10H11NO3S. The molecule has 0 atom stereocenters. The van der Waals surface area contributed by atoms with Crippen molar-refractivity contribution in [2.75, 3.05) is 12.1 Å². The molecule has 0 radical (unpaired) electrons. The summed E-state index contributed by atoms with van der Waals surface area (Å²) in [7, 11) is 0. The minimum absolute atomic E-state index is 0.0242. The van der Waals surface area contributed by atoms with Crippen LogP contribution in [0.5, 0.6) is 0 Å². The predicted molar refractivity (Wildman–Crippen MR) is 59.2 cm³/mol. The molecule has 0 spiro atoms. The minimum Gasteiger partial charge on any atom is -0.478 e. The molecule has 4 nitrogen and oxygen atoms in total. The topological polar surface area (TPSA) is 66.4 Å². The molecule has 0 heterocycles. The van der Waals surface area contributed by atoms with Gasteiger partial charge in [-0.05, 0) is 18.4 Å². The minimum atomic E-state index is -1.09. The Balaban J connectivity index is 2.92. The Kier molecular flexibility index (Phi) is 4.17. The van der Waals surface area contributed by atoms with E-state index in [1.165, 1.54) is 23.9 Å². The maximum absolute atomic E-state index is 11.5. The third kappa shape index (κ3) is 2.99. The highest BCUT2D eigenvalue weighted by Crippen LogP contribution is 2.08. The third-order valence-corrected chi connectivity index (χ3v) is 2.21. The first-order valence-electron chi connectivity index (χ1n) is 4.26. The zero-order valence-corrected chi connectivity index (χ0v) is 9.00. The molecule has 1 rings (SSSR count). The van der Waals surface area contributed by atoms with Crippen LogP contribution >= 0.6 is 11.8 Å². The molecule has 1 aromatic rings. The van der Waals surface area contributed by atoms with Gasteiger partial charge in [0.2, 0.25) is 0 Å². The lowest BCUT2D eigenvalue weighted by Gasteiger charge is -2.05. The lowest BCUT2D eigenvalue weighted by Crippen LogP contribution is -2.24. The number of hydrogen-bond acceptors (Lipinski definition) is 3. The normalized spacial score (nSPS) is 9.67. The van der Waals surface area contributed by atoms with Gasteiger partial charge in [-0.2, -0.15) is 0 Å². The predicted octanol–water partition coefficient (Wildman–Crippen LogP) is 1.44. The van der Waals surface area contributed by atoms with Gasteiger partial charge in [0.1, 0.15) is 0 Å². The number of carboxylic acid groups (broad SMARTS) is 1. The molecule has 80 valence electrons. The van der Waals surface area contributed by atoms with Gasteiger partial charge in [-0.25, -0.2) is 4.79 Å². The first-order chi connectivity index (χ1) is 7.16. The molecule has 0 saturated heterocycles. The van der Waals surface area contributed by atoms with Gasteiger partial charge in [-0.15, -0.1) is 11.8 Å². The quantitative estimate of drug-likeness (QED) is 0.761. The van der Waals surface area contributed by atoms with Gasteiger partial charge in [-0.3, -0.25) is 4.79 Å². The van der Waals surface area contributed by atoms with E-state index in [2.05, 4.69) is 5.32 Å². The van der Waals surface area contributed by atoms with Gasteiger partial charge in [0.15, 0.2) is 0 Å². The van der Waals surface area contributed by atoms with Crippen LogP contribution in [0.1, 0.15) is 20.7 Å². The maximum Gasteiger partial charge on any atom is 0.336 e. The van der Waals surface area contributed by atoms with E-state index in [4.69, 9.17) is 5.11 Å². The summed E-state index contributed by atoms with van der Waals surface area (Å²) in [5.74, 6) is -0.987. The molecule has 1 amide bonds. The Morgan fingerprint density at radius 1 is 1.33 bits per heavy atom. The Bertz CT molecular complexity index is 379. The average molecular weight is 225 g/mol. The molecule has 0 aliphatic carbocycles. The van der Waals surface area contributed by atoms with Gasteiger partial charge in [0.25, 0.3) is 5.91 Å². The van der Waals surface area contributed by atoms with Gasteiger partial charge < -0.3 is 10.4 Å². The molecule has 0 aliphatic heterocycles. The molecule has 0 bridgehead atoms. The monoisotopic (exact) mass is 225 g/mol. The first-order valence-corrected chi connectivity index (χ1v) is 5.65. The fourth-order valence-corrected chi connectivity index (χ4v) is 1.38. The van der Waals surface area contributed by atoms with Gasteiger partial charge in [0.05, 0.1) is 17.0 Å². The van der Waals surface area contributed by atoms with Crippen molar-refractivity contribution in [3.63, 3.8) is 0 Å².